The first-order chi connectivity index (χ1) is 11.6. The van der Waals surface area contributed by atoms with Gasteiger partial charge in [-0.05, 0) is 36.2 Å². The summed E-state index contributed by atoms with van der Waals surface area (Å²) in [5.41, 5.74) is 1.06. The van der Waals surface area contributed by atoms with Crippen molar-refractivity contribution < 1.29 is 24.2 Å². The summed E-state index contributed by atoms with van der Waals surface area (Å²) in [6.07, 6.45) is 0.680. The fourth-order valence-electron chi connectivity index (χ4n) is 1.95. The summed E-state index contributed by atoms with van der Waals surface area (Å²) in [6, 6.07) is 10.6. The van der Waals surface area contributed by atoms with Gasteiger partial charge in [0.15, 0.2) is 0 Å². The van der Waals surface area contributed by atoms with Gasteiger partial charge in [-0.1, -0.05) is 12.1 Å². The second kappa shape index (κ2) is 9.05. The Balaban J connectivity index is 1.61. The van der Waals surface area contributed by atoms with Gasteiger partial charge in [-0.25, -0.2) is 4.79 Å². The van der Waals surface area contributed by atoms with Crippen LogP contribution in [0.2, 0.25) is 0 Å². The SMILES string of the molecule is COc1ccc(COCCCNC(=O)c2ccc(C(=O)O)s2)cc1. The van der Waals surface area contributed by atoms with Crippen molar-refractivity contribution in [3.63, 3.8) is 0 Å². The van der Waals surface area contributed by atoms with E-state index in [4.69, 9.17) is 14.6 Å². The number of rotatable bonds is 9. The quantitative estimate of drug-likeness (QED) is 0.680. The van der Waals surface area contributed by atoms with Crippen molar-refractivity contribution in [1.82, 2.24) is 5.32 Å². The van der Waals surface area contributed by atoms with Crippen LogP contribution in [0, 0.1) is 0 Å². The molecule has 2 rings (SSSR count). The number of aromatic carboxylic acids is 1. The van der Waals surface area contributed by atoms with Crippen molar-refractivity contribution in [2.24, 2.45) is 0 Å². The Labute approximate surface area is 144 Å². The molecule has 1 amide bonds. The molecule has 2 N–H and O–H groups in total. The number of hydrogen-bond acceptors (Lipinski definition) is 5. The number of nitrogens with one attached hydrogen (secondary N) is 1. The predicted molar refractivity (Wildman–Crippen MR) is 90.9 cm³/mol. The molecule has 0 fully saturated rings. The number of carboxylic acid groups (broad SMARTS) is 1. The number of benzene rings is 1. The third kappa shape index (κ3) is 5.36. The molecule has 1 aromatic heterocycles. The van der Waals surface area contributed by atoms with Crippen LogP contribution in [0.3, 0.4) is 0 Å². The number of carboxylic acids is 1. The minimum Gasteiger partial charge on any atom is -0.497 e. The number of methoxy groups -OCH3 is 1. The Morgan fingerprint density at radius 1 is 1.12 bits per heavy atom. The fourth-order valence-corrected chi connectivity index (χ4v) is 2.71. The molecule has 0 radical (unpaired) electrons. The second-order valence-electron chi connectivity index (χ2n) is 4.98. The monoisotopic (exact) mass is 349 g/mol. The molecule has 0 aliphatic rings. The maximum Gasteiger partial charge on any atom is 0.345 e. The molecule has 0 atom stereocenters. The molecule has 128 valence electrons. The van der Waals surface area contributed by atoms with E-state index in [1.54, 1.807) is 7.11 Å². The number of carbonyl (C=O) groups is 2. The molecule has 0 saturated carbocycles. The summed E-state index contributed by atoms with van der Waals surface area (Å²) < 4.78 is 10.6. The van der Waals surface area contributed by atoms with Crippen molar-refractivity contribution in [1.29, 1.82) is 0 Å². The number of hydrogen-bond donors (Lipinski definition) is 2. The van der Waals surface area contributed by atoms with E-state index in [0.717, 1.165) is 22.6 Å². The minimum atomic E-state index is -1.02. The van der Waals surface area contributed by atoms with E-state index >= 15 is 0 Å². The van der Waals surface area contributed by atoms with Crippen LogP contribution in [0.5, 0.6) is 5.75 Å². The highest BCUT2D eigenvalue weighted by molar-refractivity contribution is 7.15. The first-order valence-electron chi connectivity index (χ1n) is 7.42. The number of carbonyl (C=O) groups excluding carboxylic acids is 1. The van der Waals surface area contributed by atoms with Gasteiger partial charge in [0.25, 0.3) is 5.91 Å². The lowest BCUT2D eigenvalue weighted by atomic mass is 10.2. The molecule has 0 aliphatic heterocycles. The van der Waals surface area contributed by atoms with Crippen molar-refractivity contribution >= 4 is 23.2 Å². The van der Waals surface area contributed by atoms with Gasteiger partial charge in [-0.2, -0.15) is 0 Å². The van der Waals surface area contributed by atoms with Crippen LogP contribution in [0.15, 0.2) is 36.4 Å². The molecule has 1 heterocycles. The van der Waals surface area contributed by atoms with Crippen LogP contribution in [0.25, 0.3) is 0 Å². The van der Waals surface area contributed by atoms with E-state index in [1.807, 2.05) is 24.3 Å². The highest BCUT2D eigenvalue weighted by Crippen LogP contribution is 2.16. The Hall–Kier alpha value is -2.38. The topological polar surface area (TPSA) is 84.9 Å². The summed E-state index contributed by atoms with van der Waals surface area (Å²) in [6.45, 7) is 1.50. The van der Waals surface area contributed by atoms with Crippen LogP contribution in [0.1, 0.15) is 31.3 Å². The van der Waals surface area contributed by atoms with Gasteiger partial charge in [0.2, 0.25) is 0 Å². The Morgan fingerprint density at radius 2 is 1.83 bits per heavy atom. The summed E-state index contributed by atoms with van der Waals surface area (Å²) in [5, 5.41) is 11.6. The van der Waals surface area contributed by atoms with Crippen LogP contribution in [-0.2, 0) is 11.3 Å². The standard InChI is InChI=1S/C17H19NO5S/c1-22-13-5-3-12(4-6-13)11-23-10-2-9-18-16(19)14-7-8-15(24-14)17(20)21/h3-8H,2,9-11H2,1H3,(H,18,19)(H,20,21). The largest absolute Gasteiger partial charge is 0.497 e. The van der Waals surface area contributed by atoms with Gasteiger partial charge in [0, 0.05) is 13.2 Å². The van der Waals surface area contributed by atoms with Crippen LogP contribution in [-0.4, -0.2) is 37.2 Å². The molecule has 7 heteroatoms. The van der Waals surface area contributed by atoms with Gasteiger partial charge in [0.1, 0.15) is 10.6 Å². The van der Waals surface area contributed by atoms with Crippen molar-refractivity contribution in [3.8, 4) is 5.75 Å². The average Bonchev–Trinajstić information content (AvgIpc) is 3.09. The van der Waals surface area contributed by atoms with Gasteiger partial charge in [0.05, 0.1) is 18.6 Å². The summed E-state index contributed by atoms with van der Waals surface area (Å²) >= 11 is 0.965. The lowest BCUT2D eigenvalue weighted by Crippen LogP contribution is -2.24. The smallest absolute Gasteiger partial charge is 0.345 e. The van der Waals surface area contributed by atoms with E-state index in [0.29, 0.717) is 31.1 Å². The molecular weight excluding hydrogens is 330 g/mol. The van der Waals surface area contributed by atoms with E-state index in [1.165, 1.54) is 12.1 Å². The molecule has 0 unspecified atom stereocenters. The summed E-state index contributed by atoms with van der Waals surface area (Å²) in [5.74, 6) is -0.477. The molecule has 0 spiro atoms. The molecule has 24 heavy (non-hydrogen) atoms. The average molecular weight is 349 g/mol. The van der Waals surface area contributed by atoms with Gasteiger partial charge < -0.3 is 19.9 Å². The Kier molecular flexibility index (Phi) is 6.77. The zero-order valence-electron chi connectivity index (χ0n) is 13.3. The fraction of sp³-hybridized carbons (Fsp3) is 0.294. The molecule has 1 aromatic carbocycles. The van der Waals surface area contributed by atoms with Gasteiger partial charge in [-0.3, -0.25) is 4.79 Å². The molecular formula is C17H19NO5S. The second-order valence-corrected chi connectivity index (χ2v) is 6.06. The molecule has 0 aliphatic carbocycles. The Morgan fingerprint density at radius 3 is 2.46 bits per heavy atom. The predicted octanol–water partition coefficient (Wildman–Crippen LogP) is 2.79. The normalized spacial score (nSPS) is 10.4. The van der Waals surface area contributed by atoms with Crippen LogP contribution in [0.4, 0.5) is 0 Å². The number of ether oxygens (including phenoxy) is 2. The van der Waals surface area contributed by atoms with Crippen LogP contribution >= 0.6 is 11.3 Å². The number of thiophene rings is 1. The van der Waals surface area contributed by atoms with Crippen molar-refractivity contribution in [2.45, 2.75) is 13.0 Å². The number of amides is 1. The Bertz CT molecular complexity index is 681. The first-order valence-corrected chi connectivity index (χ1v) is 8.24. The van der Waals surface area contributed by atoms with E-state index in [9.17, 15) is 9.59 Å². The zero-order valence-corrected chi connectivity index (χ0v) is 14.1. The highest BCUT2D eigenvalue weighted by atomic mass is 32.1. The molecule has 0 bridgehead atoms. The van der Waals surface area contributed by atoms with E-state index in [2.05, 4.69) is 5.32 Å². The molecule has 0 saturated heterocycles. The maximum absolute atomic E-state index is 11.8. The first kappa shape index (κ1) is 18.0. The summed E-state index contributed by atoms with van der Waals surface area (Å²) in [4.78, 5) is 23.2. The van der Waals surface area contributed by atoms with E-state index < -0.39 is 5.97 Å². The lowest BCUT2D eigenvalue weighted by molar-refractivity contribution is 0.0702. The summed E-state index contributed by atoms with van der Waals surface area (Å²) in [7, 11) is 1.62. The highest BCUT2D eigenvalue weighted by Gasteiger charge is 2.12. The van der Waals surface area contributed by atoms with E-state index in [-0.39, 0.29) is 10.8 Å². The third-order valence-corrected chi connectivity index (χ3v) is 4.29. The maximum atomic E-state index is 11.8. The van der Waals surface area contributed by atoms with Crippen LogP contribution < -0.4 is 10.1 Å². The van der Waals surface area contributed by atoms with Crippen molar-refractivity contribution in [2.75, 3.05) is 20.3 Å². The third-order valence-electron chi connectivity index (χ3n) is 3.22. The molecule has 6 nitrogen and oxygen atoms in total. The zero-order chi connectivity index (χ0) is 17.4. The van der Waals surface area contributed by atoms with Crippen molar-refractivity contribution in [3.05, 3.63) is 51.7 Å². The van der Waals surface area contributed by atoms with Gasteiger partial charge in [-0.15, -0.1) is 11.3 Å². The molecule has 2 aromatic rings. The lowest BCUT2D eigenvalue weighted by Gasteiger charge is -2.06. The van der Waals surface area contributed by atoms with Gasteiger partial charge >= 0.3 is 5.97 Å². The minimum absolute atomic E-state index is 0.156.